The van der Waals surface area contributed by atoms with Gasteiger partial charge in [0.2, 0.25) is 0 Å². The molecule has 0 amide bonds. The summed E-state index contributed by atoms with van der Waals surface area (Å²) in [4.78, 5) is 18.3. The van der Waals surface area contributed by atoms with Crippen molar-refractivity contribution in [3.8, 4) is 0 Å². The van der Waals surface area contributed by atoms with Crippen molar-refractivity contribution in [2.75, 3.05) is 30.9 Å². The zero-order valence-electron chi connectivity index (χ0n) is 13.5. The van der Waals surface area contributed by atoms with Crippen molar-refractivity contribution >= 4 is 28.9 Å². The second kappa shape index (κ2) is 5.17. The number of allylic oxidation sites excluding steroid dienone is 1. The number of benzene rings is 2. The van der Waals surface area contributed by atoms with E-state index in [-0.39, 0.29) is 5.78 Å². The number of rotatable bonds is 1. The van der Waals surface area contributed by atoms with Gasteiger partial charge in [0.05, 0.1) is 10.7 Å². The van der Waals surface area contributed by atoms with E-state index >= 15 is 0 Å². The number of anilines is 2. The molecule has 0 fully saturated rings. The Morgan fingerprint density at radius 1 is 1.13 bits per heavy atom. The maximum absolute atomic E-state index is 12.9. The Morgan fingerprint density at radius 3 is 2.65 bits per heavy atom. The summed E-state index contributed by atoms with van der Waals surface area (Å²) >= 11 is 1.70. The van der Waals surface area contributed by atoms with Crippen LogP contribution >= 0.6 is 11.8 Å². The molecule has 4 heteroatoms. The zero-order valence-corrected chi connectivity index (χ0v) is 14.3. The predicted octanol–water partition coefficient (Wildman–Crippen LogP) is 3.95. The number of ketones is 1. The summed E-state index contributed by atoms with van der Waals surface area (Å²) in [6.07, 6.45) is 0.719. The van der Waals surface area contributed by atoms with Gasteiger partial charge in [0.15, 0.2) is 5.78 Å². The topological polar surface area (TPSA) is 23.6 Å². The Balaban J connectivity index is 1.77. The Morgan fingerprint density at radius 2 is 1.91 bits per heavy atom. The Labute approximate surface area is 140 Å². The lowest BCUT2D eigenvalue weighted by atomic mass is 10.1. The molecule has 0 spiro atoms. The number of Topliss-reactive ketones (excluding diaryl/α,β-unsaturated/α-hetero) is 1. The minimum atomic E-state index is 0.174. The largest absolute Gasteiger partial charge is 0.378 e. The molecule has 3 nitrogen and oxygen atoms in total. The van der Waals surface area contributed by atoms with Gasteiger partial charge in [-0.25, -0.2) is 0 Å². The molecule has 23 heavy (non-hydrogen) atoms. The standard InChI is InChI=1S/C19H18N2OS/c1-20(2)13-8-9-14-12(10-13)11-15(18(14)22)19-21(3)16-6-4-5-7-17(16)23-19/h4-10H,11H2,1-3H3/b19-15-. The molecule has 0 saturated carbocycles. The molecule has 0 N–H and O–H groups in total. The fraction of sp³-hybridized carbons (Fsp3) is 0.211. The number of carbonyl (C=O) groups excluding carboxylic acids is 1. The van der Waals surface area contributed by atoms with E-state index in [0.717, 1.165) is 33.8 Å². The summed E-state index contributed by atoms with van der Waals surface area (Å²) in [7, 11) is 6.09. The number of hydrogen-bond acceptors (Lipinski definition) is 4. The second-order valence-electron chi connectivity index (χ2n) is 6.15. The highest BCUT2D eigenvalue weighted by atomic mass is 32.2. The highest BCUT2D eigenvalue weighted by Gasteiger charge is 2.33. The van der Waals surface area contributed by atoms with Crippen molar-refractivity contribution < 1.29 is 4.79 Å². The Bertz CT molecular complexity index is 854. The molecule has 2 aromatic rings. The van der Waals surface area contributed by atoms with Gasteiger partial charge in [-0.2, -0.15) is 0 Å². The molecule has 0 bridgehead atoms. The molecule has 1 aliphatic carbocycles. The summed E-state index contributed by atoms with van der Waals surface area (Å²) in [5.41, 5.74) is 5.22. The number of thioether (sulfide) groups is 1. The Hall–Kier alpha value is -2.20. The highest BCUT2D eigenvalue weighted by Crippen LogP contribution is 2.48. The van der Waals surface area contributed by atoms with E-state index in [9.17, 15) is 4.79 Å². The van der Waals surface area contributed by atoms with Gasteiger partial charge in [0, 0.05) is 49.3 Å². The second-order valence-corrected chi connectivity index (χ2v) is 7.18. The summed E-state index contributed by atoms with van der Waals surface area (Å²) in [5.74, 6) is 0.174. The van der Waals surface area contributed by atoms with Gasteiger partial charge in [0.25, 0.3) is 0 Å². The molecule has 116 valence electrons. The first kappa shape index (κ1) is 14.4. The van der Waals surface area contributed by atoms with Crippen LogP contribution in [0, 0.1) is 0 Å². The van der Waals surface area contributed by atoms with E-state index in [1.54, 1.807) is 11.8 Å². The van der Waals surface area contributed by atoms with E-state index in [1.165, 1.54) is 10.6 Å². The molecule has 0 atom stereocenters. The minimum absolute atomic E-state index is 0.174. The maximum atomic E-state index is 12.9. The maximum Gasteiger partial charge on any atom is 0.192 e. The molecular weight excluding hydrogens is 304 g/mol. The lowest BCUT2D eigenvalue weighted by Crippen LogP contribution is -2.14. The molecule has 0 unspecified atom stereocenters. The smallest absolute Gasteiger partial charge is 0.192 e. The normalized spacial score (nSPS) is 19.1. The van der Waals surface area contributed by atoms with Gasteiger partial charge >= 0.3 is 0 Å². The average molecular weight is 322 g/mol. The van der Waals surface area contributed by atoms with Crippen LogP contribution in [0.25, 0.3) is 0 Å². The van der Waals surface area contributed by atoms with Crippen molar-refractivity contribution in [2.24, 2.45) is 0 Å². The Kier molecular flexibility index (Phi) is 3.23. The molecule has 2 aliphatic rings. The molecule has 1 aliphatic heterocycles. The van der Waals surface area contributed by atoms with Crippen molar-refractivity contribution in [3.05, 3.63) is 64.2 Å². The molecule has 2 aromatic carbocycles. The lowest BCUT2D eigenvalue weighted by molar-refractivity contribution is 0.103. The number of nitrogens with zero attached hydrogens (tertiary/aromatic N) is 2. The van der Waals surface area contributed by atoms with Crippen LogP contribution in [0.2, 0.25) is 0 Å². The van der Waals surface area contributed by atoms with Crippen molar-refractivity contribution in [1.29, 1.82) is 0 Å². The monoisotopic (exact) mass is 322 g/mol. The molecular formula is C19H18N2OS. The van der Waals surface area contributed by atoms with Crippen LogP contribution in [0.5, 0.6) is 0 Å². The third-order valence-electron chi connectivity index (χ3n) is 4.49. The minimum Gasteiger partial charge on any atom is -0.378 e. The summed E-state index contributed by atoms with van der Waals surface area (Å²) in [6, 6.07) is 14.4. The van der Waals surface area contributed by atoms with Crippen LogP contribution in [0.15, 0.2) is 58.0 Å². The third kappa shape index (κ3) is 2.17. The highest BCUT2D eigenvalue weighted by molar-refractivity contribution is 8.03. The van der Waals surface area contributed by atoms with Crippen LogP contribution in [0.3, 0.4) is 0 Å². The zero-order chi connectivity index (χ0) is 16.1. The van der Waals surface area contributed by atoms with E-state index in [4.69, 9.17) is 0 Å². The van der Waals surface area contributed by atoms with Crippen LogP contribution in [0.4, 0.5) is 11.4 Å². The average Bonchev–Trinajstić information content (AvgIpc) is 3.05. The first-order chi connectivity index (χ1) is 11.1. The molecule has 0 radical (unpaired) electrons. The van der Waals surface area contributed by atoms with Gasteiger partial charge in [-0.15, -0.1) is 0 Å². The fourth-order valence-electron chi connectivity index (χ4n) is 3.20. The molecule has 1 heterocycles. The van der Waals surface area contributed by atoms with E-state index in [2.05, 4.69) is 28.0 Å². The van der Waals surface area contributed by atoms with Gasteiger partial charge < -0.3 is 9.80 Å². The summed E-state index contributed by atoms with van der Waals surface area (Å²) in [6.45, 7) is 0. The molecule has 0 saturated heterocycles. The number of fused-ring (bicyclic) bond motifs is 2. The number of carbonyl (C=O) groups is 1. The first-order valence-electron chi connectivity index (χ1n) is 7.65. The lowest BCUT2D eigenvalue weighted by Gasteiger charge is -2.15. The summed E-state index contributed by atoms with van der Waals surface area (Å²) < 4.78 is 0. The quantitative estimate of drug-likeness (QED) is 0.742. The first-order valence-corrected chi connectivity index (χ1v) is 8.46. The van der Waals surface area contributed by atoms with Gasteiger partial charge in [-0.05, 0) is 35.9 Å². The van der Waals surface area contributed by atoms with Crippen LogP contribution in [0.1, 0.15) is 15.9 Å². The molecule has 0 aromatic heterocycles. The van der Waals surface area contributed by atoms with Gasteiger partial charge in [0.1, 0.15) is 0 Å². The van der Waals surface area contributed by atoms with Crippen molar-refractivity contribution in [1.82, 2.24) is 0 Å². The predicted molar refractivity (Wildman–Crippen MR) is 96.5 cm³/mol. The van der Waals surface area contributed by atoms with Crippen molar-refractivity contribution in [3.63, 3.8) is 0 Å². The number of hydrogen-bond donors (Lipinski definition) is 0. The van der Waals surface area contributed by atoms with Crippen molar-refractivity contribution in [2.45, 2.75) is 11.3 Å². The van der Waals surface area contributed by atoms with Gasteiger partial charge in [-0.1, -0.05) is 23.9 Å². The van der Waals surface area contributed by atoms with E-state index < -0.39 is 0 Å². The third-order valence-corrected chi connectivity index (χ3v) is 5.77. The van der Waals surface area contributed by atoms with E-state index in [1.807, 2.05) is 45.4 Å². The van der Waals surface area contributed by atoms with Crippen LogP contribution in [-0.4, -0.2) is 26.9 Å². The fourth-order valence-corrected chi connectivity index (χ4v) is 4.39. The van der Waals surface area contributed by atoms with Gasteiger partial charge in [-0.3, -0.25) is 4.79 Å². The van der Waals surface area contributed by atoms with Crippen LogP contribution < -0.4 is 9.80 Å². The SMILES string of the molecule is CN(C)c1ccc2c(c1)C/C(=C1/Sc3ccccc3N1C)C2=O. The number of para-hydroxylation sites is 1. The molecule has 4 rings (SSSR count). The van der Waals surface area contributed by atoms with Crippen LogP contribution in [-0.2, 0) is 6.42 Å². The summed E-state index contributed by atoms with van der Waals surface area (Å²) in [5, 5.41) is 1.07. The van der Waals surface area contributed by atoms with E-state index in [0.29, 0.717) is 0 Å².